The van der Waals surface area contributed by atoms with E-state index in [2.05, 4.69) is 5.32 Å². The zero-order valence-corrected chi connectivity index (χ0v) is 12.4. The lowest BCUT2D eigenvalue weighted by Gasteiger charge is -2.15. The van der Waals surface area contributed by atoms with Crippen LogP contribution >= 0.6 is 35.4 Å². The van der Waals surface area contributed by atoms with Crippen molar-refractivity contribution in [2.75, 3.05) is 19.0 Å². The third kappa shape index (κ3) is 4.94. The van der Waals surface area contributed by atoms with Gasteiger partial charge in [0.05, 0.1) is 16.7 Å². The van der Waals surface area contributed by atoms with Crippen molar-refractivity contribution in [3.63, 3.8) is 0 Å². The Hall–Kier alpha value is -0.620. The summed E-state index contributed by atoms with van der Waals surface area (Å²) in [5.41, 5.74) is 0.581. The molecule has 4 nitrogen and oxygen atoms in total. The zero-order chi connectivity index (χ0) is 13.5. The Morgan fingerprint density at radius 1 is 1.44 bits per heavy atom. The maximum atomic E-state index is 11.7. The molecule has 1 aromatic carbocycles. The van der Waals surface area contributed by atoms with Crippen LogP contribution in [-0.2, 0) is 4.18 Å². The van der Waals surface area contributed by atoms with E-state index in [0.717, 1.165) is 18.6 Å². The van der Waals surface area contributed by atoms with Gasteiger partial charge in [-0.2, -0.15) is 0 Å². The standard InChI is InChI=1S/C11H14Cl2N2O2S/c1-3-6-17-18-15(2)11(16)14-8-4-5-9(12)10(13)7-8/h4-5,7H,3,6H2,1-2H3,(H,14,16). The van der Waals surface area contributed by atoms with Crippen LogP contribution in [0.5, 0.6) is 0 Å². The predicted octanol–water partition coefficient (Wildman–Crippen LogP) is 4.45. The maximum Gasteiger partial charge on any atom is 0.333 e. The van der Waals surface area contributed by atoms with E-state index in [1.165, 1.54) is 4.31 Å². The molecule has 0 aliphatic carbocycles. The molecule has 0 atom stereocenters. The van der Waals surface area contributed by atoms with E-state index >= 15 is 0 Å². The monoisotopic (exact) mass is 308 g/mol. The van der Waals surface area contributed by atoms with Crippen LogP contribution in [0.3, 0.4) is 0 Å². The number of nitrogens with one attached hydrogen (secondary N) is 1. The summed E-state index contributed by atoms with van der Waals surface area (Å²) in [7, 11) is 1.62. The fraction of sp³-hybridized carbons (Fsp3) is 0.364. The molecule has 0 heterocycles. The van der Waals surface area contributed by atoms with Gasteiger partial charge in [-0.05, 0) is 24.6 Å². The van der Waals surface area contributed by atoms with Gasteiger partial charge in [-0.15, -0.1) is 0 Å². The summed E-state index contributed by atoms with van der Waals surface area (Å²) in [6.45, 7) is 2.59. The SMILES string of the molecule is CCCOSN(C)C(=O)Nc1ccc(Cl)c(Cl)c1. The van der Waals surface area contributed by atoms with Gasteiger partial charge in [-0.25, -0.2) is 9.10 Å². The average molecular weight is 309 g/mol. The molecule has 100 valence electrons. The predicted molar refractivity (Wildman–Crippen MR) is 77.1 cm³/mol. The molecular weight excluding hydrogens is 295 g/mol. The van der Waals surface area contributed by atoms with Crippen molar-refractivity contribution in [3.05, 3.63) is 28.2 Å². The van der Waals surface area contributed by atoms with Gasteiger partial charge in [-0.1, -0.05) is 30.1 Å². The Bertz CT molecular complexity index is 418. The number of rotatable bonds is 5. The third-order valence-corrected chi connectivity index (χ3v) is 3.31. The summed E-state index contributed by atoms with van der Waals surface area (Å²) in [6, 6.07) is 4.60. The molecule has 1 rings (SSSR count). The first-order valence-corrected chi connectivity index (χ1v) is 6.79. The van der Waals surface area contributed by atoms with Crippen molar-refractivity contribution in [2.24, 2.45) is 0 Å². The summed E-state index contributed by atoms with van der Waals surface area (Å²) in [4.78, 5) is 11.7. The number of hydrogen-bond donors (Lipinski definition) is 1. The number of amides is 2. The lowest BCUT2D eigenvalue weighted by molar-refractivity contribution is 0.240. The molecule has 0 aromatic heterocycles. The molecule has 0 saturated carbocycles. The molecule has 1 aromatic rings. The average Bonchev–Trinajstić information content (AvgIpc) is 2.34. The molecule has 0 fully saturated rings. The molecule has 0 bridgehead atoms. The zero-order valence-electron chi connectivity index (χ0n) is 10.1. The number of benzene rings is 1. The molecule has 7 heteroatoms. The summed E-state index contributed by atoms with van der Waals surface area (Å²) in [6.07, 6.45) is 0.898. The lowest BCUT2D eigenvalue weighted by atomic mass is 10.3. The highest BCUT2D eigenvalue weighted by Gasteiger charge is 2.10. The lowest BCUT2D eigenvalue weighted by Crippen LogP contribution is -2.25. The second-order valence-corrected chi connectivity index (χ2v) is 5.20. The largest absolute Gasteiger partial charge is 0.333 e. The smallest absolute Gasteiger partial charge is 0.307 e. The fourth-order valence-corrected chi connectivity index (χ4v) is 1.82. The number of carbonyl (C=O) groups is 1. The van der Waals surface area contributed by atoms with Gasteiger partial charge in [0.15, 0.2) is 0 Å². The van der Waals surface area contributed by atoms with Gasteiger partial charge < -0.3 is 5.32 Å². The van der Waals surface area contributed by atoms with Gasteiger partial charge in [0.1, 0.15) is 12.2 Å². The Kier molecular flexibility index (Phi) is 6.63. The van der Waals surface area contributed by atoms with Crippen LogP contribution in [0.25, 0.3) is 0 Å². The van der Waals surface area contributed by atoms with Crippen molar-refractivity contribution < 1.29 is 8.98 Å². The molecule has 0 radical (unpaired) electrons. The molecule has 0 aliphatic rings. The van der Waals surface area contributed by atoms with Crippen LogP contribution in [0, 0.1) is 0 Å². The molecule has 0 saturated heterocycles. The molecule has 0 aliphatic heterocycles. The minimum atomic E-state index is -0.297. The van der Waals surface area contributed by atoms with Gasteiger partial charge in [0.2, 0.25) is 0 Å². The molecule has 18 heavy (non-hydrogen) atoms. The summed E-state index contributed by atoms with van der Waals surface area (Å²) < 4.78 is 6.54. The normalized spacial score (nSPS) is 10.2. The summed E-state index contributed by atoms with van der Waals surface area (Å²) in [5, 5.41) is 3.52. The van der Waals surface area contributed by atoms with Gasteiger partial charge >= 0.3 is 6.03 Å². The van der Waals surface area contributed by atoms with Crippen molar-refractivity contribution in [2.45, 2.75) is 13.3 Å². The van der Waals surface area contributed by atoms with E-state index in [1.807, 2.05) is 6.92 Å². The van der Waals surface area contributed by atoms with Gasteiger partial charge in [0, 0.05) is 12.7 Å². The quantitative estimate of drug-likeness (QED) is 0.496. The van der Waals surface area contributed by atoms with Crippen LogP contribution in [-0.4, -0.2) is 24.0 Å². The number of anilines is 1. The van der Waals surface area contributed by atoms with E-state index < -0.39 is 0 Å². The van der Waals surface area contributed by atoms with Crippen LogP contribution in [0.1, 0.15) is 13.3 Å². The Balaban J connectivity index is 2.50. The minimum Gasteiger partial charge on any atom is -0.307 e. The van der Waals surface area contributed by atoms with E-state index in [0.29, 0.717) is 22.3 Å². The first kappa shape index (κ1) is 15.4. The maximum absolute atomic E-state index is 11.7. The van der Waals surface area contributed by atoms with E-state index in [1.54, 1.807) is 25.2 Å². The highest BCUT2D eigenvalue weighted by molar-refractivity contribution is 7.92. The Morgan fingerprint density at radius 3 is 2.78 bits per heavy atom. The van der Waals surface area contributed by atoms with Crippen molar-refractivity contribution in [1.29, 1.82) is 0 Å². The van der Waals surface area contributed by atoms with E-state index in [-0.39, 0.29) is 6.03 Å². The minimum absolute atomic E-state index is 0.297. The van der Waals surface area contributed by atoms with Crippen molar-refractivity contribution in [3.8, 4) is 0 Å². The number of nitrogens with zero attached hydrogens (tertiary/aromatic N) is 1. The molecule has 0 spiro atoms. The van der Waals surface area contributed by atoms with Crippen LogP contribution < -0.4 is 5.32 Å². The van der Waals surface area contributed by atoms with E-state index in [4.69, 9.17) is 27.4 Å². The number of hydrogen-bond acceptors (Lipinski definition) is 3. The molecule has 1 N–H and O–H groups in total. The molecular formula is C11H14Cl2N2O2S. The first-order valence-electron chi connectivity index (χ1n) is 5.34. The van der Waals surface area contributed by atoms with Crippen molar-refractivity contribution >= 4 is 47.1 Å². The summed E-state index contributed by atoms with van der Waals surface area (Å²) in [5.74, 6) is 0. The van der Waals surface area contributed by atoms with Crippen LogP contribution in [0.2, 0.25) is 10.0 Å². The second kappa shape index (κ2) is 7.74. The van der Waals surface area contributed by atoms with Crippen LogP contribution in [0.4, 0.5) is 10.5 Å². The first-order chi connectivity index (χ1) is 8.54. The number of halogens is 2. The van der Waals surface area contributed by atoms with Gasteiger partial charge in [-0.3, -0.25) is 4.18 Å². The highest BCUT2D eigenvalue weighted by Crippen LogP contribution is 2.25. The number of carbonyl (C=O) groups excluding carboxylic acids is 1. The Labute approximate surface area is 121 Å². The van der Waals surface area contributed by atoms with Crippen LogP contribution in [0.15, 0.2) is 18.2 Å². The van der Waals surface area contributed by atoms with Crippen molar-refractivity contribution in [1.82, 2.24) is 4.31 Å². The molecule has 2 amide bonds. The highest BCUT2D eigenvalue weighted by atomic mass is 35.5. The Morgan fingerprint density at radius 2 is 2.17 bits per heavy atom. The second-order valence-electron chi connectivity index (χ2n) is 3.45. The number of urea groups is 1. The van der Waals surface area contributed by atoms with Gasteiger partial charge in [0.25, 0.3) is 0 Å². The topological polar surface area (TPSA) is 41.6 Å². The molecule has 0 unspecified atom stereocenters. The third-order valence-electron chi connectivity index (χ3n) is 1.91. The summed E-state index contributed by atoms with van der Waals surface area (Å²) >= 11 is 12.6. The fourth-order valence-electron chi connectivity index (χ4n) is 1.01. The van der Waals surface area contributed by atoms with E-state index in [9.17, 15) is 4.79 Å².